The summed E-state index contributed by atoms with van der Waals surface area (Å²) >= 11 is 0. The number of benzene rings is 2. The maximum Gasteiger partial charge on any atom is 0.261 e. The van der Waals surface area contributed by atoms with Gasteiger partial charge in [-0.3, -0.25) is 9.36 Å². The Labute approximate surface area is 196 Å². The van der Waals surface area contributed by atoms with Crippen molar-refractivity contribution in [2.24, 2.45) is 7.05 Å². The van der Waals surface area contributed by atoms with Gasteiger partial charge in [0.15, 0.2) is 21.5 Å². The van der Waals surface area contributed by atoms with Crippen LogP contribution in [0.5, 0.6) is 0 Å². The molecule has 182 valence electrons. The highest BCUT2D eigenvalue weighted by atomic mass is 32.2. The van der Waals surface area contributed by atoms with E-state index >= 15 is 0 Å². The zero-order chi connectivity index (χ0) is 24.8. The number of aromatic nitrogens is 2. The zero-order valence-electron chi connectivity index (χ0n) is 19.5. The molecule has 3 aromatic rings. The first-order valence-corrected chi connectivity index (χ1v) is 12.9. The van der Waals surface area contributed by atoms with E-state index in [0.29, 0.717) is 35.5 Å². The number of aryl methyl sites for hydroxylation is 1. The molecule has 0 saturated carbocycles. The molecule has 2 aromatic carbocycles. The van der Waals surface area contributed by atoms with Crippen LogP contribution in [0.4, 0.5) is 14.5 Å². The molecule has 2 heterocycles. The van der Waals surface area contributed by atoms with E-state index in [9.17, 15) is 22.0 Å². The first kappa shape index (κ1) is 24.3. The van der Waals surface area contributed by atoms with Gasteiger partial charge in [-0.2, -0.15) is 0 Å². The first-order chi connectivity index (χ1) is 16.0. The Morgan fingerprint density at radius 3 is 2.53 bits per heavy atom. The van der Waals surface area contributed by atoms with E-state index in [1.807, 2.05) is 13.0 Å². The van der Waals surface area contributed by atoms with Crippen molar-refractivity contribution in [2.75, 3.05) is 24.8 Å². The van der Waals surface area contributed by atoms with Crippen LogP contribution in [0.15, 0.2) is 34.0 Å². The number of ether oxygens (including phenoxy) is 1. The summed E-state index contributed by atoms with van der Waals surface area (Å²) in [6.45, 7) is 4.80. The molecule has 7 nitrogen and oxygen atoms in total. The van der Waals surface area contributed by atoms with Crippen LogP contribution in [0.1, 0.15) is 48.7 Å². The third kappa shape index (κ3) is 4.44. The average molecular weight is 492 g/mol. The van der Waals surface area contributed by atoms with Crippen LogP contribution in [-0.4, -0.2) is 37.4 Å². The second-order valence-corrected chi connectivity index (χ2v) is 10.8. The standard InChI is InChI=1S/C24H27F2N3O4S/c1-13-11-16(14(2)27-19-6-5-18(25)20(26)22(19)34(4,31)32)21-17(12-13)24(30)29(3)23(28-21)15-7-9-33-10-8-15/h5-6,11-12,14-15,27H,7-10H2,1-4H3. The minimum Gasteiger partial charge on any atom is -0.381 e. The van der Waals surface area contributed by atoms with Gasteiger partial charge in [0.05, 0.1) is 22.6 Å². The van der Waals surface area contributed by atoms with Crippen LogP contribution in [0.25, 0.3) is 10.9 Å². The molecule has 0 radical (unpaired) electrons. The number of hydrogen-bond donors (Lipinski definition) is 1. The van der Waals surface area contributed by atoms with Crippen molar-refractivity contribution < 1.29 is 21.9 Å². The van der Waals surface area contributed by atoms with Crippen LogP contribution in [0.2, 0.25) is 0 Å². The van der Waals surface area contributed by atoms with Crippen molar-refractivity contribution in [3.05, 3.63) is 63.2 Å². The van der Waals surface area contributed by atoms with Gasteiger partial charge in [-0.15, -0.1) is 0 Å². The fraction of sp³-hybridized carbons (Fsp3) is 0.417. The van der Waals surface area contributed by atoms with Crippen LogP contribution in [0, 0.1) is 18.6 Å². The Morgan fingerprint density at radius 1 is 1.21 bits per heavy atom. The number of fused-ring (bicyclic) bond motifs is 1. The Bertz CT molecular complexity index is 1430. The maximum atomic E-state index is 14.4. The summed E-state index contributed by atoms with van der Waals surface area (Å²) in [6, 6.07) is 5.15. The number of anilines is 1. The minimum atomic E-state index is -4.06. The fourth-order valence-corrected chi connectivity index (χ4v) is 5.49. The lowest BCUT2D eigenvalue weighted by Gasteiger charge is -2.25. The Morgan fingerprint density at radius 2 is 1.88 bits per heavy atom. The smallest absolute Gasteiger partial charge is 0.261 e. The van der Waals surface area contributed by atoms with Crippen molar-refractivity contribution >= 4 is 26.4 Å². The monoisotopic (exact) mass is 491 g/mol. The van der Waals surface area contributed by atoms with Gasteiger partial charge in [-0.1, -0.05) is 6.07 Å². The largest absolute Gasteiger partial charge is 0.381 e. The molecule has 10 heteroatoms. The van der Waals surface area contributed by atoms with Crippen molar-refractivity contribution in [2.45, 2.75) is 43.5 Å². The molecule has 1 N–H and O–H groups in total. The van der Waals surface area contributed by atoms with Crippen molar-refractivity contribution in [3.63, 3.8) is 0 Å². The summed E-state index contributed by atoms with van der Waals surface area (Å²) in [5, 5.41) is 3.44. The molecule has 1 atom stereocenters. The lowest BCUT2D eigenvalue weighted by atomic mass is 9.97. The molecule has 1 unspecified atom stereocenters. The molecule has 1 aromatic heterocycles. The number of sulfone groups is 1. The Balaban J connectivity index is 1.86. The van der Waals surface area contributed by atoms with E-state index in [2.05, 4.69) is 5.32 Å². The topological polar surface area (TPSA) is 90.3 Å². The summed E-state index contributed by atoms with van der Waals surface area (Å²) in [5.41, 5.74) is 1.75. The van der Waals surface area contributed by atoms with E-state index in [0.717, 1.165) is 30.7 Å². The van der Waals surface area contributed by atoms with Gasteiger partial charge in [-0.05, 0) is 50.5 Å². The van der Waals surface area contributed by atoms with E-state index in [1.165, 1.54) is 6.07 Å². The molecule has 0 spiro atoms. The highest BCUT2D eigenvalue weighted by Gasteiger charge is 2.26. The van der Waals surface area contributed by atoms with Crippen molar-refractivity contribution in [3.8, 4) is 0 Å². The number of halogens is 2. The lowest BCUT2D eigenvalue weighted by Crippen LogP contribution is -2.27. The summed E-state index contributed by atoms with van der Waals surface area (Å²) in [7, 11) is -2.35. The quantitative estimate of drug-likeness (QED) is 0.581. The summed E-state index contributed by atoms with van der Waals surface area (Å²) in [5.74, 6) is -1.92. The summed E-state index contributed by atoms with van der Waals surface area (Å²) in [6.07, 6.45) is 2.34. The summed E-state index contributed by atoms with van der Waals surface area (Å²) in [4.78, 5) is 17.4. The zero-order valence-corrected chi connectivity index (χ0v) is 20.3. The van der Waals surface area contributed by atoms with Crippen molar-refractivity contribution in [1.29, 1.82) is 0 Å². The first-order valence-electron chi connectivity index (χ1n) is 11.0. The summed E-state index contributed by atoms with van der Waals surface area (Å²) < 4.78 is 59.6. The molecule has 0 bridgehead atoms. The second-order valence-electron chi connectivity index (χ2n) is 8.85. The van der Waals surface area contributed by atoms with Crippen LogP contribution < -0.4 is 10.9 Å². The lowest BCUT2D eigenvalue weighted by molar-refractivity contribution is 0.0828. The van der Waals surface area contributed by atoms with Gasteiger partial charge >= 0.3 is 0 Å². The van der Waals surface area contributed by atoms with Crippen LogP contribution >= 0.6 is 0 Å². The predicted octanol–water partition coefficient (Wildman–Crippen LogP) is 3.99. The second kappa shape index (κ2) is 9.07. The van der Waals surface area contributed by atoms with E-state index in [1.54, 1.807) is 24.6 Å². The molecular weight excluding hydrogens is 464 g/mol. The van der Waals surface area contributed by atoms with Crippen molar-refractivity contribution in [1.82, 2.24) is 9.55 Å². The third-order valence-corrected chi connectivity index (χ3v) is 7.38. The molecule has 1 aliphatic heterocycles. The van der Waals surface area contributed by atoms with Crippen LogP contribution in [0.3, 0.4) is 0 Å². The van der Waals surface area contributed by atoms with E-state index in [-0.39, 0.29) is 17.2 Å². The van der Waals surface area contributed by atoms with E-state index in [4.69, 9.17) is 9.72 Å². The highest BCUT2D eigenvalue weighted by molar-refractivity contribution is 7.90. The molecule has 0 amide bonds. The maximum absolute atomic E-state index is 14.4. The molecule has 34 heavy (non-hydrogen) atoms. The van der Waals surface area contributed by atoms with Gasteiger partial charge in [0.1, 0.15) is 10.7 Å². The van der Waals surface area contributed by atoms with Gasteiger partial charge in [0.2, 0.25) is 0 Å². The molecular formula is C24H27F2N3O4S. The van der Waals surface area contributed by atoms with Gasteiger partial charge in [-0.25, -0.2) is 22.2 Å². The third-order valence-electron chi connectivity index (χ3n) is 6.23. The molecule has 4 rings (SSSR count). The SMILES string of the molecule is Cc1cc(C(C)Nc2ccc(F)c(F)c2S(C)(=O)=O)c2nc(C3CCOCC3)n(C)c(=O)c2c1. The van der Waals surface area contributed by atoms with E-state index < -0.39 is 32.4 Å². The minimum absolute atomic E-state index is 0.0583. The van der Waals surface area contributed by atoms with Gasteiger partial charge in [0, 0.05) is 38.0 Å². The number of rotatable bonds is 5. The molecule has 1 fully saturated rings. The molecule has 1 saturated heterocycles. The molecule has 0 aliphatic carbocycles. The van der Waals surface area contributed by atoms with Crippen LogP contribution in [-0.2, 0) is 21.6 Å². The fourth-order valence-electron chi connectivity index (χ4n) is 4.54. The normalized spacial score (nSPS) is 16.1. The average Bonchev–Trinajstić information content (AvgIpc) is 2.78. The number of hydrogen-bond acceptors (Lipinski definition) is 6. The van der Waals surface area contributed by atoms with Gasteiger partial charge < -0.3 is 10.1 Å². The predicted molar refractivity (Wildman–Crippen MR) is 126 cm³/mol. The Kier molecular flexibility index (Phi) is 6.48. The number of nitrogens with zero attached hydrogens (tertiary/aromatic N) is 2. The Hall–Kier alpha value is -2.85. The van der Waals surface area contributed by atoms with Gasteiger partial charge in [0.25, 0.3) is 5.56 Å². The highest BCUT2D eigenvalue weighted by Crippen LogP contribution is 2.33. The number of nitrogens with one attached hydrogen (secondary N) is 1. The molecule has 1 aliphatic rings.